The molecule has 0 aromatic carbocycles. The fourth-order valence-electron chi connectivity index (χ4n) is 1.87. The van der Waals surface area contributed by atoms with E-state index in [4.69, 9.17) is 9.88 Å². The van der Waals surface area contributed by atoms with Gasteiger partial charge in [0.15, 0.2) is 0 Å². The Morgan fingerprint density at radius 3 is 2.68 bits per heavy atom. The molecule has 8 heteroatoms. The summed E-state index contributed by atoms with van der Waals surface area (Å²) in [6.45, 7) is 2.66. The highest BCUT2D eigenvalue weighted by atomic mass is 32.2. The van der Waals surface area contributed by atoms with Crippen LogP contribution < -0.4 is 15.8 Å². The lowest BCUT2D eigenvalue weighted by Gasteiger charge is -2.22. The van der Waals surface area contributed by atoms with Crippen LogP contribution in [0.4, 0.5) is 0 Å². The van der Waals surface area contributed by atoms with Crippen molar-refractivity contribution < 1.29 is 17.9 Å². The molecule has 1 rings (SSSR count). The zero-order chi connectivity index (χ0) is 14.1. The van der Waals surface area contributed by atoms with Crippen LogP contribution in [0.5, 0.6) is 0 Å². The molecule has 112 valence electrons. The molecule has 1 saturated heterocycles. The summed E-state index contributed by atoms with van der Waals surface area (Å²) in [5, 5.41) is 10.7. The Balaban J connectivity index is 1.98. The zero-order valence-corrected chi connectivity index (χ0v) is 11.9. The minimum Gasteiger partial charge on any atom is -0.378 e. The summed E-state index contributed by atoms with van der Waals surface area (Å²) < 4.78 is 26.9. The molecule has 1 amide bonds. The van der Waals surface area contributed by atoms with Crippen LogP contribution in [0.15, 0.2) is 0 Å². The van der Waals surface area contributed by atoms with Crippen molar-refractivity contribution in [3.8, 4) is 0 Å². The van der Waals surface area contributed by atoms with Crippen LogP contribution in [0.3, 0.4) is 0 Å². The van der Waals surface area contributed by atoms with E-state index < -0.39 is 10.0 Å². The third-order valence-corrected chi connectivity index (χ3v) is 3.75. The monoisotopic (exact) mass is 293 g/mol. The topological polar surface area (TPSA) is 111 Å². The Bertz CT molecular complexity index is 366. The molecular formula is C11H23N3O4S. The van der Waals surface area contributed by atoms with Gasteiger partial charge in [0.25, 0.3) is 0 Å². The molecule has 1 aliphatic heterocycles. The lowest BCUT2D eigenvalue weighted by atomic mass is 10.1. The highest BCUT2D eigenvalue weighted by molar-refractivity contribution is 7.89. The number of carbonyl (C=O) groups excluding carboxylic acids is 1. The third-order valence-electron chi connectivity index (χ3n) is 2.90. The molecule has 0 bridgehead atoms. The molecule has 1 fully saturated rings. The van der Waals surface area contributed by atoms with Gasteiger partial charge in [0.1, 0.15) is 0 Å². The maximum Gasteiger partial charge on any atom is 0.222 e. The average molecular weight is 293 g/mol. The molecule has 4 N–H and O–H groups in total. The van der Waals surface area contributed by atoms with Gasteiger partial charge in [-0.3, -0.25) is 4.79 Å². The number of piperidine rings is 1. The number of rotatable bonds is 8. The van der Waals surface area contributed by atoms with Crippen molar-refractivity contribution in [3.05, 3.63) is 0 Å². The largest absolute Gasteiger partial charge is 0.378 e. The number of primary sulfonamides is 1. The maximum absolute atomic E-state index is 11.4. The van der Waals surface area contributed by atoms with Crippen molar-refractivity contribution in [2.24, 2.45) is 5.14 Å². The van der Waals surface area contributed by atoms with Crippen molar-refractivity contribution in [1.29, 1.82) is 0 Å². The number of nitrogens with two attached hydrogens (primary N) is 1. The van der Waals surface area contributed by atoms with Gasteiger partial charge < -0.3 is 15.4 Å². The number of carbonyl (C=O) groups is 1. The number of ether oxygens (including phenoxy) is 1. The quantitative estimate of drug-likeness (QED) is 0.494. The Labute approximate surface area is 114 Å². The van der Waals surface area contributed by atoms with E-state index in [0.29, 0.717) is 26.0 Å². The summed E-state index contributed by atoms with van der Waals surface area (Å²) >= 11 is 0. The van der Waals surface area contributed by atoms with Gasteiger partial charge in [0.2, 0.25) is 15.9 Å². The molecule has 0 spiro atoms. The second-order valence-corrected chi connectivity index (χ2v) is 6.37. The van der Waals surface area contributed by atoms with Gasteiger partial charge in [-0.1, -0.05) is 0 Å². The lowest BCUT2D eigenvalue weighted by Crippen LogP contribution is -2.33. The Kier molecular flexibility index (Phi) is 7.29. The molecule has 7 nitrogen and oxygen atoms in total. The molecule has 0 aromatic rings. The van der Waals surface area contributed by atoms with Crippen molar-refractivity contribution in [1.82, 2.24) is 10.6 Å². The van der Waals surface area contributed by atoms with E-state index in [9.17, 15) is 13.2 Å². The van der Waals surface area contributed by atoms with Crippen LogP contribution in [0.1, 0.15) is 25.7 Å². The molecule has 19 heavy (non-hydrogen) atoms. The van der Waals surface area contributed by atoms with E-state index in [1.54, 1.807) is 0 Å². The lowest BCUT2D eigenvalue weighted by molar-refractivity contribution is -0.122. The van der Waals surface area contributed by atoms with E-state index >= 15 is 0 Å². The molecule has 0 aliphatic carbocycles. The number of nitrogens with one attached hydrogen (secondary N) is 2. The number of sulfonamides is 1. The second kappa shape index (κ2) is 8.47. The molecule has 1 heterocycles. The normalized spacial score (nSPS) is 17.3. The summed E-state index contributed by atoms with van der Waals surface area (Å²) in [6, 6.07) is 0. The Morgan fingerprint density at radius 1 is 1.37 bits per heavy atom. The highest BCUT2D eigenvalue weighted by Gasteiger charge is 2.13. The van der Waals surface area contributed by atoms with E-state index in [-0.39, 0.29) is 17.8 Å². The van der Waals surface area contributed by atoms with E-state index in [2.05, 4.69) is 10.6 Å². The maximum atomic E-state index is 11.4. The summed E-state index contributed by atoms with van der Waals surface area (Å²) in [4.78, 5) is 11.4. The van der Waals surface area contributed by atoms with E-state index in [1.807, 2.05) is 0 Å². The molecule has 0 aromatic heterocycles. The van der Waals surface area contributed by atoms with Gasteiger partial charge in [-0.05, 0) is 32.4 Å². The van der Waals surface area contributed by atoms with E-state index in [1.165, 1.54) is 0 Å². The summed E-state index contributed by atoms with van der Waals surface area (Å²) in [5.41, 5.74) is 0. The van der Waals surface area contributed by atoms with Gasteiger partial charge >= 0.3 is 0 Å². The van der Waals surface area contributed by atoms with Crippen molar-refractivity contribution in [3.63, 3.8) is 0 Å². The van der Waals surface area contributed by atoms with Gasteiger partial charge in [-0.25, -0.2) is 13.6 Å². The third kappa shape index (κ3) is 8.93. The van der Waals surface area contributed by atoms with Crippen molar-refractivity contribution in [2.75, 3.05) is 32.0 Å². The summed E-state index contributed by atoms with van der Waals surface area (Å²) in [5.74, 6) is -0.234. The van der Waals surface area contributed by atoms with Gasteiger partial charge in [-0.15, -0.1) is 0 Å². The van der Waals surface area contributed by atoms with Crippen LogP contribution in [-0.2, 0) is 19.6 Å². The van der Waals surface area contributed by atoms with Crippen LogP contribution >= 0.6 is 0 Å². The predicted octanol–water partition coefficient (Wildman–Crippen LogP) is -1.06. The number of hydrogen-bond donors (Lipinski definition) is 3. The first kappa shape index (κ1) is 16.4. The zero-order valence-electron chi connectivity index (χ0n) is 11.1. The summed E-state index contributed by atoms with van der Waals surface area (Å²) in [7, 11) is -3.44. The first-order chi connectivity index (χ1) is 8.97. The van der Waals surface area contributed by atoms with Gasteiger partial charge in [-0.2, -0.15) is 0 Å². The highest BCUT2D eigenvalue weighted by Crippen LogP contribution is 2.07. The molecule has 0 saturated carbocycles. The average Bonchev–Trinajstić information content (AvgIpc) is 2.35. The minimum absolute atomic E-state index is 0.112. The van der Waals surface area contributed by atoms with Crippen LogP contribution in [0.25, 0.3) is 0 Å². The SMILES string of the molecule is NS(=O)(=O)CCCNC(=O)CCOC1CCNCC1. The van der Waals surface area contributed by atoms with Crippen LogP contribution in [0, 0.1) is 0 Å². The predicted molar refractivity (Wildman–Crippen MR) is 72.1 cm³/mol. The molecule has 0 unspecified atom stereocenters. The fourth-order valence-corrected chi connectivity index (χ4v) is 2.42. The molecule has 1 aliphatic rings. The standard InChI is InChI=1S/C11H23N3O4S/c12-19(16,17)9-1-5-14-11(15)4-8-18-10-2-6-13-7-3-10/h10,13H,1-9H2,(H,14,15)(H2,12,16,17). The Hall–Kier alpha value is -0.700. The van der Waals surface area contributed by atoms with Gasteiger partial charge in [0.05, 0.1) is 18.5 Å². The fraction of sp³-hybridized carbons (Fsp3) is 0.909. The first-order valence-electron chi connectivity index (χ1n) is 6.57. The first-order valence-corrected chi connectivity index (χ1v) is 8.28. The second-order valence-electron chi connectivity index (χ2n) is 4.64. The number of amides is 1. The van der Waals surface area contributed by atoms with Crippen molar-refractivity contribution in [2.45, 2.75) is 31.8 Å². The van der Waals surface area contributed by atoms with Gasteiger partial charge in [0, 0.05) is 13.0 Å². The Morgan fingerprint density at radius 2 is 2.05 bits per heavy atom. The van der Waals surface area contributed by atoms with Crippen molar-refractivity contribution >= 4 is 15.9 Å². The minimum atomic E-state index is -3.44. The molecule has 0 atom stereocenters. The van der Waals surface area contributed by atoms with Crippen LogP contribution in [-0.4, -0.2) is 52.4 Å². The number of hydrogen-bond acceptors (Lipinski definition) is 5. The molecule has 0 radical (unpaired) electrons. The molecular weight excluding hydrogens is 270 g/mol. The smallest absolute Gasteiger partial charge is 0.222 e. The van der Waals surface area contributed by atoms with Crippen LogP contribution in [0.2, 0.25) is 0 Å². The van der Waals surface area contributed by atoms with E-state index in [0.717, 1.165) is 25.9 Å². The summed E-state index contributed by atoms with van der Waals surface area (Å²) in [6.07, 6.45) is 2.85.